The Bertz CT molecular complexity index is 151. The molecule has 0 saturated carbocycles. The third kappa shape index (κ3) is 1.90. The van der Waals surface area contributed by atoms with Crippen LogP contribution in [0.3, 0.4) is 0 Å². The van der Waals surface area contributed by atoms with E-state index in [0.717, 1.165) is 6.92 Å². The summed E-state index contributed by atoms with van der Waals surface area (Å²) in [7, 11) is 0. The quantitative estimate of drug-likeness (QED) is 0.427. The minimum absolute atomic E-state index is 0.841. The highest BCUT2D eigenvalue weighted by molar-refractivity contribution is 5.73. The Morgan fingerprint density at radius 1 is 2.00 bits per heavy atom. The standard InChI is InChI=1S/C4H9NO3/c1-2(6)3(5)4(7)8/h2-3,6H,5H2,1H3,(H,7,8)/t2?,3-/m0/s1/i2D,3D. The molecule has 0 aliphatic rings. The number of nitrogens with two attached hydrogens (primary N) is 1. The second kappa shape index (κ2) is 2.64. The van der Waals surface area contributed by atoms with Gasteiger partial charge in [0.15, 0.2) is 0 Å². The molecule has 0 radical (unpaired) electrons. The summed E-state index contributed by atoms with van der Waals surface area (Å²) in [6.07, 6.45) is -2.49. The normalized spacial score (nSPS) is 28.9. The summed E-state index contributed by atoms with van der Waals surface area (Å²) < 4.78 is 13.5. The molecular weight excluding hydrogens is 110 g/mol. The Morgan fingerprint density at radius 2 is 2.38 bits per heavy atom. The van der Waals surface area contributed by atoms with Gasteiger partial charge in [-0.1, -0.05) is 0 Å². The molecule has 0 aromatic heterocycles. The van der Waals surface area contributed by atoms with Gasteiger partial charge in [-0.15, -0.1) is 0 Å². The minimum Gasteiger partial charge on any atom is -0.480 e. The average Bonchev–Trinajstić information content (AvgIpc) is 1.62. The summed E-state index contributed by atoms with van der Waals surface area (Å²) in [5.74, 6) is -1.73. The first-order valence-corrected chi connectivity index (χ1v) is 1.94. The van der Waals surface area contributed by atoms with E-state index in [0.29, 0.717) is 0 Å². The molecule has 8 heavy (non-hydrogen) atoms. The summed E-state index contributed by atoms with van der Waals surface area (Å²) in [6.45, 7) is 0.841. The molecule has 2 atom stereocenters. The maximum Gasteiger partial charge on any atom is 0.323 e. The Morgan fingerprint density at radius 3 is 2.38 bits per heavy atom. The van der Waals surface area contributed by atoms with Crippen molar-refractivity contribution in [3.05, 3.63) is 0 Å². The molecule has 4 N–H and O–H groups in total. The van der Waals surface area contributed by atoms with Gasteiger partial charge in [-0.25, -0.2) is 0 Å². The van der Waals surface area contributed by atoms with Gasteiger partial charge in [-0.05, 0) is 6.92 Å². The van der Waals surface area contributed by atoms with E-state index in [1.807, 2.05) is 0 Å². The molecule has 0 amide bonds. The van der Waals surface area contributed by atoms with Crippen LogP contribution in [-0.2, 0) is 4.79 Å². The van der Waals surface area contributed by atoms with Crippen LogP contribution in [0, 0.1) is 0 Å². The van der Waals surface area contributed by atoms with Crippen molar-refractivity contribution in [2.45, 2.75) is 19.0 Å². The molecule has 4 heteroatoms. The van der Waals surface area contributed by atoms with E-state index in [1.54, 1.807) is 0 Å². The summed E-state index contributed by atoms with van der Waals surface area (Å²) >= 11 is 0. The van der Waals surface area contributed by atoms with Gasteiger partial charge in [-0.2, -0.15) is 0 Å². The lowest BCUT2D eigenvalue weighted by Gasteiger charge is -2.06. The van der Waals surface area contributed by atoms with E-state index in [4.69, 9.17) is 18.7 Å². The van der Waals surface area contributed by atoms with E-state index in [-0.39, 0.29) is 0 Å². The molecule has 0 fully saturated rings. The Balaban J connectivity index is 4.57. The van der Waals surface area contributed by atoms with Crippen molar-refractivity contribution in [1.29, 1.82) is 0 Å². The van der Waals surface area contributed by atoms with Crippen LogP contribution < -0.4 is 5.73 Å². The second-order valence-electron chi connectivity index (χ2n) is 1.30. The van der Waals surface area contributed by atoms with Crippen molar-refractivity contribution >= 4 is 5.97 Å². The van der Waals surface area contributed by atoms with Crippen molar-refractivity contribution in [1.82, 2.24) is 0 Å². The number of carboxylic acids is 1. The van der Waals surface area contributed by atoms with Crippen molar-refractivity contribution in [3.63, 3.8) is 0 Å². The minimum atomic E-state index is -2.67. The fourth-order valence-electron chi connectivity index (χ4n) is 0.155. The van der Waals surface area contributed by atoms with Crippen molar-refractivity contribution in [2.75, 3.05) is 0 Å². The highest BCUT2D eigenvalue weighted by Crippen LogP contribution is 1.85. The molecule has 0 bridgehead atoms. The Hall–Kier alpha value is -0.610. The first-order valence-electron chi connectivity index (χ1n) is 2.94. The highest BCUT2D eigenvalue weighted by atomic mass is 16.4. The van der Waals surface area contributed by atoms with Gasteiger partial charge < -0.3 is 15.9 Å². The zero-order chi connectivity index (χ0) is 8.58. The van der Waals surface area contributed by atoms with Gasteiger partial charge in [0, 0.05) is 0 Å². The number of carboxylic acid groups (broad SMARTS) is 1. The van der Waals surface area contributed by atoms with Crippen LogP contribution in [0.5, 0.6) is 0 Å². The molecule has 0 aromatic rings. The lowest BCUT2D eigenvalue weighted by Crippen LogP contribution is -2.39. The predicted molar refractivity (Wildman–Crippen MR) is 27.3 cm³/mol. The van der Waals surface area contributed by atoms with Crippen LogP contribution >= 0.6 is 0 Å². The molecule has 0 heterocycles. The summed E-state index contributed by atoms with van der Waals surface area (Å²) in [4.78, 5) is 10.1. The molecular formula is C4H9NO3. The molecule has 4 nitrogen and oxygen atoms in total. The maximum atomic E-state index is 10.1. The van der Waals surface area contributed by atoms with Crippen LogP contribution in [0.25, 0.3) is 0 Å². The van der Waals surface area contributed by atoms with Gasteiger partial charge in [0.25, 0.3) is 0 Å². The maximum absolute atomic E-state index is 10.1. The van der Waals surface area contributed by atoms with Crippen molar-refractivity contribution < 1.29 is 17.7 Å². The largest absolute Gasteiger partial charge is 0.480 e. The molecule has 0 spiro atoms. The molecule has 0 rings (SSSR count). The molecule has 0 aromatic carbocycles. The van der Waals surface area contributed by atoms with E-state index in [2.05, 4.69) is 0 Å². The van der Waals surface area contributed by atoms with Crippen LogP contribution in [0.15, 0.2) is 0 Å². The number of hydrogen-bond acceptors (Lipinski definition) is 3. The average molecular weight is 121 g/mol. The third-order valence-corrected chi connectivity index (χ3v) is 0.620. The van der Waals surface area contributed by atoms with Crippen molar-refractivity contribution in [2.24, 2.45) is 5.73 Å². The highest BCUT2D eigenvalue weighted by Gasteiger charge is 2.16. The van der Waals surface area contributed by atoms with Crippen molar-refractivity contribution in [3.8, 4) is 0 Å². The van der Waals surface area contributed by atoms with Crippen LogP contribution in [0.2, 0.25) is 0 Å². The molecule has 48 valence electrons. The number of aliphatic carboxylic acids is 1. The van der Waals surface area contributed by atoms with E-state index in [1.165, 1.54) is 0 Å². The smallest absolute Gasteiger partial charge is 0.323 e. The van der Waals surface area contributed by atoms with Crippen LogP contribution in [0.4, 0.5) is 0 Å². The molecule has 0 aliphatic heterocycles. The predicted octanol–water partition coefficient (Wildman–Crippen LogP) is -1.22. The third-order valence-electron chi connectivity index (χ3n) is 0.620. The number of hydrogen-bond donors (Lipinski definition) is 3. The zero-order valence-electron chi connectivity index (χ0n) is 6.38. The first kappa shape index (κ1) is 4.29. The van der Waals surface area contributed by atoms with Crippen LogP contribution in [-0.4, -0.2) is 28.3 Å². The van der Waals surface area contributed by atoms with Gasteiger partial charge in [0.1, 0.15) is 6.02 Å². The zero-order valence-corrected chi connectivity index (χ0v) is 4.38. The second-order valence-corrected chi connectivity index (χ2v) is 1.30. The first-order chi connectivity index (χ1) is 4.19. The Kier molecular flexibility index (Phi) is 1.41. The summed E-state index contributed by atoms with van der Waals surface area (Å²) in [5, 5.41) is 16.9. The monoisotopic (exact) mass is 121 g/mol. The molecule has 0 saturated heterocycles. The van der Waals surface area contributed by atoms with Gasteiger partial charge >= 0.3 is 5.97 Å². The van der Waals surface area contributed by atoms with E-state index >= 15 is 0 Å². The molecule has 0 aliphatic carbocycles. The topological polar surface area (TPSA) is 83.5 Å². The fourth-order valence-corrected chi connectivity index (χ4v) is 0.155. The lowest BCUT2D eigenvalue weighted by atomic mass is 10.2. The fraction of sp³-hybridized carbons (Fsp3) is 0.750. The summed E-state index contributed by atoms with van der Waals surface area (Å²) in [5.41, 5.74) is 4.77. The summed E-state index contributed by atoms with van der Waals surface area (Å²) in [6, 6.07) is -2.67. The lowest BCUT2D eigenvalue weighted by molar-refractivity contribution is -0.140. The van der Waals surface area contributed by atoms with Gasteiger partial charge in [0.2, 0.25) is 0 Å². The number of rotatable bonds is 2. The van der Waals surface area contributed by atoms with E-state index < -0.39 is 18.1 Å². The number of carbonyl (C=O) groups is 1. The number of aliphatic hydroxyl groups is 1. The van der Waals surface area contributed by atoms with Gasteiger partial charge in [-0.3, -0.25) is 4.79 Å². The van der Waals surface area contributed by atoms with Gasteiger partial charge in [0.05, 0.1) is 8.82 Å². The Labute approximate surface area is 49.7 Å². The van der Waals surface area contributed by atoms with Crippen LogP contribution in [0.1, 0.15) is 9.67 Å². The molecule has 1 unspecified atom stereocenters. The van der Waals surface area contributed by atoms with E-state index in [9.17, 15) is 4.79 Å². The SMILES string of the molecule is [2H]C(C)(O)[C@]([2H])(N)C(=O)O.